The van der Waals surface area contributed by atoms with Gasteiger partial charge in [0.1, 0.15) is 5.82 Å². The molecule has 0 bridgehead atoms. The molecule has 1 unspecified atom stereocenters. The SMILES string of the molecule is COC(=O)C(C)CN(C)C(=O)c1ccc(F)cc1Cl. The molecule has 1 atom stereocenters. The van der Waals surface area contributed by atoms with Crippen LogP contribution in [0.25, 0.3) is 0 Å². The van der Waals surface area contributed by atoms with E-state index in [-0.39, 0.29) is 23.0 Å². The fraction of sp³-hybridized carbons (Fsp3) is 0.385. The number of nitrogens with zero attached hydrogens (tertiary/aromatic N) is 1. The minimum atomic E-state index is -0.507. The summed E-state index contributed by atoms with van der Waals surface area (Å²) in [5.41, 5.74) is 0.197. The van der Waals surface area contributed by atoms with Crippen molar-refractivity contribution < 1.29 is 18.7 Å². The lowest BCUT2D eigenvalue weighted by atomic mass is 10.1. The van der Waals surface area contributed by atoms with Crippen LogP contribution in [0.2, 0.25) is 5.02 Å². The monoisotopic (exact) mass is 287 g/mol. The van der Waals surface area contributed by atoms with Crippen molar-refractivity contribution >= 4 is 23.5 Å². The van der Waals surface area contributed by atoms with Crippen LogP contribution in [0.4, 0.5) is 4.39 Å². The van der Waals surface area contributed by atoms with E-state index in [0.29, 0.717) is 0 Å². The summed E-state index contributed by atoms with van der Waals surface area (Å²) in [7, 11) is 2.83. The number of benzene rings is 1. The molecule has 0 aliphatic carbocycles. The van der Waals surface area contributed by atoms with E-state index in [0.717, 1.165) is 12.1 Å². The molecule has 0 aromatic heterocycles. The molecule has 0 saturated carbocycles. The van der Waals surface area contributed by atoms with Gasteiger partial charge in [0.15, 0.2) is 0 Å². The third-order valence-electron chi connectivity index (χ3n) is 2.66. The summed E-state index contributed by atoms with van der Waals surface area (Å²) in [6.45, 7) is 1.85. The van der Waals surface area contributed by atoms with Crippen LogP contribution in [0.5, 0.6) is 0 Å². The van der Waals surface area contributed by atoms with Gasteiger partial charge in [0.2, 0.25) is 0 Å². The maximum atomic E-state index is 12.9. The van der Waals surface area contributed by atoms with Gasteiger partial charge in [-0.25, -0.2) is 4.39 Å². The van der Waals surface area contributed by atoms with E-state index in [1.54, 1.807) is 14.0 Å². The fourth-order valence-electron chi connectivity index (χ4n) is 1.64. The van der Waals surface area contributed by atoms with Crippen molar-refractivity contribution in [2.24, 2.45) is 5.92 Å². The van der Waals surface area contributed by atoms with E-state index >= 15 is 0 Å². The molecule has 0 saturated heterocycles. The lowest BCUT2D eigenvalue weighted by Crippen LogP contribution is -2.34. The van der Waals surface area contributed by atoms with Crippen LogP contribution in [0.15, 0.2) is 18.2 Å². The van der Waals surface area contributed by atoms with E-state index < -0.39 is 17.7 Å². The number of amides is 1. The molecule has 0 heterocycles. The van der Waals surface area contributed by atoms with Crippen LogP contribution >= 0.6 is 11.6 Å². The van der Waals surface area contributed by atoms with E-state index in [9.17, 15) is 14.0 Å². The highest BCUT2D eigenvalue weighted by Gasteiger charge is 2.21. The largest absolute Gasteiger partial charge is 0.469 e. The average molecular weight is 288 g/mol. The number of hydrogen-bond acceptors (Lipinski definition) is 3. The summed E-state index contributed by atoms with van der Waals surface area (Å²) in [5.74, 6) is -1.73. The van der Waals surface area contributed by atoms with Gasteiger partial charge in [-0.05, 0) is 18.2 Å². The average Bonchev–Trinajstić information content (AvgIpc) is 2.36. The molecule has 0 N–H and O–H groups in total. The first-order valence-corrected chi connectivity index (χ1v) is 6.03. The van der Waals surface area contributed by atoms with Gasteiger partial charge in [-0.15, -0.1) is 0 Å². The van der Waals surface area contributed by atoms with Gasteiger partial charge in [-0.3, -0.25) is 9.59 Å². The summed E-state index contributed by atoms with van der Waals surface area (Å²) in [6.07, 6.45) is 0. The first kappa shape index (κ1) is 15.4. The van der Waals surface area contributed by atoms with Crippen molar-refractivity contribution in [2.75, 3.05) is 20.7 Å². The molecule has 0 aliphatic heterocycles. The summed E-state index contributed by atoms with van der Waals surface area (Å²) >= 11 is 5.82. The van der Waals surface area contributed by atoms with Crippen molar-refractivity contribution in [1.82, 2.24) is 4.90 Å². The summed E-state index contributed by atoms with van der Waals surface area (Å²) in [6, 6.07) is 3.56. The second kappa shape index (κ2) is 6.52. The van der Waals surface area contributed by atoms with Gasteiger partial charge in [-0.1, -0.05) is 18.5 Å². The predicted molar refractivity (Wildman–Crippen MR) is 69.6 cm³/mol. The number of ether oxygens (including phenoxy) is 1. The van der Waals surface area contributed by atoms with Crippen molar-refractivity contribution in [3.8, 4) is 0 Å². The zero-order chi connectivity index (χ0) is 14.6. The Kier molecular flexibility index (Phi) is 5.30. The number of methoxy groups -OCH3 is 1. The number of esters is 1. The molecule has 6 heteroatoms. The van der Waals surface area contributed by atoms with Gasteiger partial charge in [0, 0.05) is 13.6 Å². The molecule has 0 spiro atoms. The van der Waals surface area contributed by atoms with Crippen molar-refractivity contribution in [3.63, 3.8) is 0 Å². The second-order valence-electron chi connectivity index (χ2n) is 4.23. The standard InChI is InChI=1S/C13H15ClFNO3/c1-8(13(18)19-3)7-16(2)12(17)10-5-4-9(15)6-11(10)14/h4-6,8H,7H2,1-3H3. The van der Waals surface area contributed by atoms with Crippen LogP contribution in [-0.4, -0.2) is 37.5 Å². The highest BCUT2D eigenvalue weighted by atomic mass is 35.5. The molecule has 19 heavy (non-hydrogen) atoms. The molecule has 0 radical (unpaired) electrons. The van der Waals surface area contributed by atoms with Crippen molar-refractivity contribution in [1.29, 1.82) is 0 Å². The Morgan fingerprint density at radius 1 is 1.47 bits per heavy atom. The van der Waals surface area contributed by atoms with Crippen molar-refractivity contribution in [3.05, 3.63) is 34.6 Å². The maximum Gasteiger partial charge on any atom is 0.310 e. The second-order valence-corrected chi connectivity index (χ2v) is 4.64. The molecule has 104 valence electrons. The molecule has 0 aliphatic rings. The van der Waals surface area contributed by atoms with E-state index in [4.69, 9.17) is 11.6 Å². The lowest BCUT2D eigenvalue weighted by molar-refractivity contribution is -0.145. The van der Waals surface area contributed by atoms with Gasteiger partial charge < -0.3 is 9.64 Å². The number of hydrogen-bond donors (Lipinski definition) is 0. The number of rotatable bonds is 4. The molecule has 1 aromatic carbocycles. The summed E-state index contributed by atoms with van der Waals surface area (Å²) in [4.78, 5) is 24.7. The molecule has 4 nitrogen and oxygen atoms in total. The van der Waals surface area contributed by atoms with E-state index in [1.165, 1.54) is 18.1 Å². The zero-order valence-electron chi connectivity index (χ0n) is 10.9. The normalized spacial score (nSPS) is 11.8. The quantitative estimate of drug-likeness (QED) is 0.799. The predicted octanol–water partition coefficient (Wildman–Crippen LogP) is 2.36. The Bertz CT molecular complexity index is 493. The lowest BCUT2D eigenvalue weighted by Gasteiger charge is -2.20. The molecule has 0 fully saturated rings. The molecular formula is C13H15ClFNO3. The minimum absolute atomic E-state index is 0.0440. The van der Waals surface area contributed by atoms with E-state index in [1.807, 2.05) is 0 Å². The topological polar surface area (TPSA) is 46.6 Å². The fourth-order valence-corrected chi connectivity index (χ4v) is 1.89. The highest BCUT2D eigenvalue weighted by molar-refractivity contribution is 6.33. The zero-order valence-corrected chi connectivity index (χ0v) is 11.7. The summed E-state index contributed by atoms with van der Waals surface area (Å²) in [5, 5.41) is 0.0440. The molecule has 1 amide bonds. The van der Waals surface area contributed by atoms with Gasteiger partial charge in [0.05, 0.1) is 23.6 Å². The smallest absolute Gasteiger partial charge is 0.310 e. The first-order valence-electron chi connectivity index (χ1n) is 5.65. The van der Waals surface area contributed by atoms with Crippen LogP contribution in [0.3, 0.4) is 0 Å². The Morgan fingerprint density at radius 3 is 2.63 bits per heavy atom. The van der Waals surface area contributed by atoms with Gasteiger partial charge >= 0.3 is 5.97 Å². The number of halogens is 2. The minimum Gasteiger partial charge on any atom is -0.469 e. The number of carbonyl (C=O) groups excluding carboxylic acids is 2. The van der Waals surface area contributed by atoms with Gasteiger partial charge in [0.25, 0.3) is 5.91 Å². The molecule has 1 rings (SSSR count). The third-order valence-corrected chi connectivity index (χ3v) is 2.97. The third kappa shape index (κ3) is 3.92. The first-order chi connectivity index (χ1) is 8.86. The van der Waals surface area contributed by atoms with Crippen LogP contribution in [-0.2, 0) is 9.53 Å². The Morgan fingerprint density at radius 2 is 2.11 bits per heavy atom. The van der Waals surface area contributed by atoms with Crippen LogP contribution in [0, 0.1) is 11.7 Å². The van der Waals surface area contributed by atoms with Crippen LogP contribution in [0.1, 0.15) is 17.3 Å². The number of carbonyl (C=O) groups is 2. The molecule has 1 aromatic rings. The van der Waals surface area contributed by atoms with Gasteiger partial charge in [-0.2, -0.15) is 0 Å². The van der Waals surface area contributed by atoms with E-state index in [2.05, 4.69) is 4.74 Å². The van der Waals surface area contributed by atoms with Crippen LogP contribution < -0.4 is 0 Å². The highest BCUT2D eigenvalue weighted by Crippen LogP contribution is 2.19. The summed E-state index contributed by atoms with van der Waals surface area (Å²) < 4.78 is 17.5. The maximum absolute atomic E-state index is 12.9. The Balaban J connectivity index is 2.79. The Hall–Kier alpha value is -1.62. The van der Waals surface area contributed by atoms with Crippen molar-refractivity contribution in [2.45, 2.75) is 6.92 Å². The Labute approximate surface area is 116 Å². The molecular weight excluding hydrogens is 273 g/mol.